The van der Waals surface area contributed by atoms with E-state index in [-0.39, 0.29) is 5.91 Å². The van der Waals surface area contributed by atoms with Crippen LogP contribution in [0.3, 0.4) is 0 Å². The molecule has 0 bridgehead atoms. The summed E-state index contributed by atoms with van der Waals surface area (Å²) in [6.45, 7) is 12.2. The number of rotatable bonds is 8. The van der Waals surface area contributed by atoms with Gasteiger partial charge < -0.3 is 15.1 Å². The van der Waals surface area contributed by atoms with Crippen molar-refractivity contribution < 1.29 is 9.59 Å². The van der Waals surface area contributed by atoms with Crippen LogP contribution in [-0.4, -0.2) is 67.9 Å². The van der Waals surface area contributed by atoms with E-state index in [0.29, 0.717) is 6.42 Å². The number of nitrogens with one attached hydrogen (secondary N) is 1. The van der Waals surface area contributed by atoms with Gasteiger partial charge in [-0.15, -0.1) is 0 Å². The molecule has 0 aromatic heterocycles. The van der Waals surface area contributed by atoms with Crippen LogP contribution in [-0.2, 0) is 9.59 Å². The molecule has 0 aliphatic carbocycles. The van der Waals surface area contributed by atoms with Crippen molar-refractivity contribution in [1.82, 2.24) is 9.80 Å². The molecular formula is C19H30N4O2. The van der Waals surface area contributed by atoms with Crippen LogP contribution in [0.4, 0.5) is 11.4 Å². The molecule has 0 unspecified atom stereocenters. The van der Waals surface area contributed by atoms with Crippen LogP contribution in [0.2, 0.25) is 0 Å². The van der Waals surface area contributed by atoms with Gasteiger partial charge >= 0.3 is 0 Å². The Bertz CT molecular complexity index is 579. The van der Waals surface area contributed by atoms with Gasteiger partial charge in [0, 0.05) is 63.6 Å². The molecule has 6 heteroatoms. The average molecular weight is 346 g/mol. The molecule has 2 amide bonds. The highest BCUT2D eigenvalue weighted by Gasteiger charge is 2.16. The van der Waals surface area contributed by atoms with E-state index in [0.717, 1.165) is 63.5 Å². The number of benzene rings is 1. The first-order valence-electron chi connectivity index (χ1n) is 9.14. The molecule has 1 fully saturated rings. The summed E-state index contributed by atoms with van der Waals surface area (Å²) in [5.74, 6) is 0.0384. The van der Waals surface area contributed by atoms with Gasteiger partial charge in [0.05, 0.1) is 0 Å². The smallest absolute Gasteiger partial charge is 0.225 e. The molecule has 138 valence electrons. The number of nitrogens with zero attached hydrogens (tertiary/aromatic N) is 3. The molecule has 0 atom stereocenters. The van der Waals surface area contributed by atoms with Gasteiger partial charge in [-0.25, -0.2) is 0 Å². The Balaban J connectivity index is 1.83. The quantitative estimate of drug-likeness (QED) is 0.731. The van der Waals surface area contributed by atoms with Crippen molar-refractivity contribution in [3.8, 4) is 0 Å². The van der Waals surface area contributed by atoms with Crippen molar-refractivity contribution in [2.75, 3.05) is 56.0 Å². The molecule has 1 aliphatic heterocycles. The molecule has 1 aromatic rings. The number of hydrogen-bond donors (Lipinski definition) is 1. The molecule has 0 saturated carbocycles. The molecule has 1 aliphatic rings. The standard InChI is InChI=1S/C19H30N4O2/c1-4-23(5-2)17-6-7-18(16(3)14-17)20-19(25)8-9-21-10-12-22(15-24)13-11-21/h6-7,14-15H,4-5,8-13H2,1-3H3,(H,20,25). The number of carbonyl (C=O) groups is 2. The van der Waals surface area contributed by atoms with Gasteiger partial charge in [-0.3, -0.25) is 14.5 Å². The third kappa shape index (κ3) is 5.46. The fourth-order valence-electron chi connectivity index (χ4n) is 3.14. The summed E-state index contributed by atoms with van der Waals surface area (Å²) in [6.07, 6.45) is 1.37. The summed E-state index contributed by atoms with van der Waals surface area (Å²) >= 11 is 0. The summed E-state index contributed by atoms with van der Waals surface area (Å²) < 4.78 is 0. The molecule has 0 spiro atoms. The Labute approximate surface area is 150 Å². The summed E-state index contributed by atoms with van der Waals surface area (Å²) in [7, 11) is 0. The van der Waals surface area contributed by atoms with E-state index in [1.54, 1.807) is 4.90 Å². The maximum atomic E-state index is 12.2. The van der Waals surface area contributed by atoms with E-state index in [4.69, 9.17) is 0 Å². The Kier molecular flexibility index (Phi) is 7.25. The van der Waals surface area contributed by atoms with Gasteiger partial charge in [0.2, 0.25) is 12.3 Å². The number of aryl methyl sites for hydroxylation is 1. The van der Waals surface area contributed by atoms with Crippen LogP contribution < -0.4 is 10.2 Å². The molecule has 1 aromatic carbocycles. The van der Waals surface area contributed by atoms with E-state index < -0.39 is 0 Å². The summed E-state index contributed by atoms with van der Waals surface area (Å²) in [5, 5.41) is 3.02. The van der Waals surface area contributed by atoms with Crippen LogP contribution >= 0.6 is 0 Å². The van der Waals surface area contributed by atoms with Gasteiger partial charge in [0.25, 0.3) is 0 Å². The number of amides is 2. The van der Waals surface area contributed by atoms with E-state index in [1.165, 1.54) is 5.69 Å². The molecular weight excluding hydrogens is 316 g/mol. The van der Waals surface area contributed by atoms with Gasteiger partial charge in [0.1, 0.15) is 0 Å². The topological polar surface area (TPSA) is 55.9 Å². The first kappa shape index (κ1) is 19.2. The number of piperazine rings is 1. The average Bonchev–Trinajstić information content (AvgIpc) is 2.63. The predicted molar refractivity (Wildman–Crippen MR) is 102 cm³/mol. The molecule has 6 nitrogen and oxygen atoms in total. The Hall–Kier alpha value is -2.08. The number of hydrogen-bond acceptors (Lipinski definition) is 4. The third-order valence-electron chi connectivity index (χ3n) is 4.82. The molecule has 1 N–H and O–H groups in total. The molecule has 2 rings (SSSR count). The number of anilines is 2. The molecule has 1 saturated heterocycles. The van der Waals surface area contributed by atoms with Crippen LogP contribution in [0.15, 0.2) is 18.2 Å². The molecule has 1 heterocycles. The van der Waals surface area contributed by atoms with Gasteiger partial charge in [0.15, 0.2) is 0 Å². The maximum absolute atomic E-state index is 12.2. The summed E-state index contributed by atoms with van der Waals surface area (Å²) in [6, 6.07) is 6.18. The van der Waals surface area contributed by atoms with Crippen molar-refractivity contribution in [2.24, 2.45) is 0 Å². The van der Waals surface area contributed by atoms with Gasteiger partial charge in [-0.1, -0.05) is 0 Å². The minimum Gasteiger partial charge on any atom is -0.372 e. The lowest BCUT2D eigenvalue weighted by Crippen LogP contribution is -2.46. The highest BCUT2D eigenvalue weighted by Crippen LogP contribution is 2.22. The second kappa shape index (κ2) is 9.42. The van der Waals surface area contributed by atoms with Crippen molar-refractivity contribution in [3.05, 3.63) is 23.8 Å². The van der Waals surface area contributed by atoms with Crippen LogP contribution in [0.5, 0.6) is 0 Å². The van der Waals surface area contributed by atoms with Crippen molar-refractivity contribution in [1.29, 1.82) is 0 Å². The maximum Gasteiger partial charge on any atom is 0.225 e. The number of carbonyl (C=O) groups excluding carboxylic acids is 2. The highest BCUT2D eigenvalue weighted by atomic mass is 16.1. The zero-order valence-corrected chi connectivity index (χ0v) is 15.6. The second-order valence-corrected chi connectivity index (χ2v) is 6.45. The van der Waals surface area contributed by atoms with Gasteiger partial charge in [-0.05, 0) is 44.5 Å². The lowest BCUT2D eigenvalue weighted by Gasteiger charge is -2.32. The zero-order valence-electron chi connectivity index (χ0n) is 15.6. The van der Waals surface area contributed by atoms with Gasteiger partial charge in [-0.2, -0.15) is 0 Å². The zero-order chi connectivity index (χ0) is 18.2. The van der Waals surface area contributed by atoms with Crippen molar-refractivity contribution in [2.45, 2.75) is 27.2 Å². The van der Waals surface area contributed by atoms with E-state index in [1.807, 2.05) is 13.0 Å². The van der Waals surface area contributed by atoms with Crippen LogP contribution in [0, 0.1) is 6.92 Å². The first-order valence-corrected chi connectivity index (χ1v) is 9.14. The largest absolute Gasteiger partial charge is 0.372 e. The highest BCUT2D eigenvalue weighted by molar-refractivity contribution is 5.91. The minimum absolute atomic E-state index is 0.0384. The fourth-order valence-corrected chi connectivity index (χ4v) is 3.14. The first-order chi connectivity index (χ1) is 12.1. The van der Waals surface area contributed by atoms with Crippen LogP contribution in [0.25, 0.3) is 0 Å². The summed E-state index contributed by atoms with van der Waals surface area (Å²) in [4.78, 5) is 29.3. The second-order valence-electron chi connectivity index (χ2n) is 6.45. The van der Waals surface area contributed by atoms with E-state index in [2.05, 4.69) is 41.1 Å². The monoisotopic (exact) mass is 346 g/mol. The predicted octanol–water partition coefficient (Wildman–Crippen LogP) is 1.94. The van der Waals surface area contributed by atoms with Crippen molar-refractivity contribution in [3.63, 3.8) is 0 Å². The van der Waals surface area contributed by atoms with Crippen molar-refractivity contribution >= 4 is 23.7 Å². The Morgan fingerprint density at radius 2 is 1.88 bits per heavy atom. The van der Waals surface area contributed by atoms with Crippen LogP contribution in [0.1, 0.15) is 25.8 Å². The summed E-state index contributed by atoms with van der Waals surface area (Å²) in [5.41, 5.74) is 3.15. The Morgan fingerprint density at radius 3 is 2.44 bits per heavy atom. The minimum atomic E-state index is 0.0384. The fraction of sp³-hybridized carbons (Fsp3) is 0.579. The Morgan fingerprint density at radius 1 is 1.20 bits per heavy atom. The molecule has 25 heavy (non-hydrogen) atoms. The molecule has 0 radical (unpaired) electrons. The normalized spacial score (nSPS) is 15.1. The van der Waals surface area contributed by atoms with E-state index in [9.17, 15) is 9.59 Å². The SMILES string of the molecule is CCN(CC)c1ccc(NC(=O)CCN2CCN(C=O)CC2)c(C)c1. The third-order valence-corrected chi connectivity index (χ3v) is 4.82. The lowest BCUT2D eigenvalue weighted by atomic mass is 10.1. The lowest BCUT2D eigenvalue weighted by molar-refractivity contribution is -0.120. The van der Waals surface area contributed by atoms with E-state index >= 15 is 0 Å².